The molecular weight excluding hydrogens is 314 g/mol. The minimum absolute atomic E-state index is 0.182. The molecule has 0 saturated carbocycles. The molecule has 1 aliphatic carbocycles. The zero-order valence-corrected chi connectivity index (χ0v) is 13.3. The van der Waals surface area contributed by atoms with Crippen molar-refractivity contribution in [2.75, 3.05) is 6.61 Å². The Hall–Kier alpha value is -2.90. The molecule has 1 heterocycles. The van der Waals surface area contributed by atoms with Crippen molar-refractivity contribution in [1.82, 2.24) is 9.55 Å². The summed E-state index contributed by atoms with van der Waals surface area (Å²) in [6, 6.07) is 8.62. The quantitative estimate of drug-likeness (QED) is 0.525. The summed E-state index contributed by atoms with van der Waals surface area (Å²) < 4.78 is 7.06. The van der Waals surface area contributed by atoms with Crippen LogP contribution in [0.2, 0.25) is 0 Å². The van der Waals surface area contributed by atoms with Crippen LogP contribution in [-0.2, 0) is 11.2 Å². The third-order valence-corrected chi connectivity index (χ3v) is 3.82. The summed E-state index contributed by atoms with van der Waals surface area (Å²) in [5.41, 5.74) is 3.20. The van der Waals surface area contributed by atoms with Crippen molar-refractivity contribution in [2.24, 2.45) is 0 Å². The Labute approximate surface area is 138 Å². The molecule has 3 rings (SSSR count). The Morgan fingerprint density at radius 2 is 2.21 bits per heavy atom. The van der Waals surface area contributed by atoms with Crippen LogP contribution in [0.25, 0.3) is 0 Å². The van der Waals surface area contributed by atoms with Gasteiger partial charge in [0, 0.05) is 0 Å². The van der Waals surface area contributed by atoms with E-state index in [1.807, 2.05) is 11.5 Å². The Balaban J connectivity index is 0.000000471. The molecule has 0 aliphatic heterocycles. The maximum absolute atomic E-state index is 12.0. The molecule has 0 saturated heterocycles. The number of carbonyl (C=O) groups excluding carboxylic acids is 1. The molecule has 8 heteroatoms. The third-order valence-electron chi connectivity index (χ3n) is 3.82. The van der Waals surface area contributed by atoms with Crippen LogP contribution in [0.4, 0.5) is 0 Å². The number of aromatic nitrogens is 2. The molecule has 1 aromatic heterocycles. The molecule has 1 aromatic carbocycles. The van der Waals surface area contributed by atoms with Crippen molar-refractivity contribution >= 4 is 5.97 Å². The first kappa shape index (κ1) is 17.5. The highest BCUT2D eigenvalue weighted by molar-refractivity contribution is 5.87. The van der Waals surface area contributed by atoms with Crippen molar-refractivity contribution in [2.45, 2.75) is 32.2 Å². The van der Waals surface area contributed by atoms with E-state index in [0.717, 1.165) is 19.3 Å². The fourth-order valence-corrected chi connectivity index (χ4v) is 2.93. The average molecular weight is 333 g/mol. The third kappa shape index (κ3) is 4.09. The van der Waals surface area contributed by atoms with E-state index < -0.39 is 5.09 Å². The maximum atomic E-state index is 12.0. The molecule has 8 nitrogen and oxygen atoms in total. The number of hydrogen-bond acceptors (Lipinski definition) is 5. The molecule has 24 heavy (non-hydrogen) atoms. The minimum Gasteiger partial charge on any atom is -0.461 e. The number of hydrogen-bond donors (Lipinski definition) is 1. The minimum atomic E-state index is -1.50. The molecule has 0 radical (unpaired) electrons. The molecule has 0 spiro atoms. The van der Waals surface area contributed by atoms with E-state index in [2.05, 4.69) is 29.2 Å². The number of rotatable bonds is 3. The van der Waals surface area contributed by atoms with Gasteiger partial charge >= 0.3 is 5.97 Å². The summed E-state index contributed by atoms with van der Waals surface area (Å²) in [4.78, 5) is 24.5. The zero-order valence-electron chi connectivity index (χ0n) is 13.3. The predicted molar refractivity (Wildman–Crippen MR) is 84.5 cm³/mol. The number of ether oxygens (including phenoxy) is 1. The Morgan fingerprint density at radius 1 is 1.50 bits per heavy atom. The van der Waals surface area contributed by atoms with E-state index in [4.69, 9.17) is 20.1 Å². The van der Waals surface area contributed by atoms with Crippen LogP contribution in [0.1, 0.15) is 47.4 Å². The summed E-state index contributed by atoms with van der Waals surface area (Å²) in [5, 5.41) is 13.6. The van der Waals surface area contributed by atoms with Gasteiger partial charge in [-0.15, -0.1) is 10.1 Å². The van der Waals surface area contributed by atoms with Gasteiger partial charge in [0.2, 0.25) is 0 Å². The summed E-state index contributed by atoms with van der Waals surface area (Å²) in [7, 11) is 0. The first-order valence-electron chi connectivity index (χ1n) is 7.64. The molecule has 0 amide bonds. The Bertz CT molecular complexity index is 709. The first-order chi connectivity index (χ1) is 11.5. The fourth-order valence-electron chi connectivity index (χ4n) is 2.93. The largest absolute Gasteiger partial charge is 0.461 e. The highest BCUT2D eigenvalue weighted by Crippen LogP contribution is 2.33. The molecule has 128 valence electrons. The van der Waals surface area contributed by atoms with E-state index in [0.29, 0.717) is 12.3 Å². The Kier molecular flexibility index (Phi) is 5.89. The van der Waals surface area contributed by atoms with E-state index in [-0.39, 0.29) is 12.0 Å². The normalized spacial score (nSPS) is 15.6. The van der Waals surface area contributed by atoms with Crippen LogP contribution in [0.15, 0.2) is 36.8 Å². The second-order valence-corrected chi connectivity index (χ2v) is 5.25. The number of esters is 1. The summed E-state index contributed by atoms with van der Waals surface area (Å²) >= 11 is 0. The molecule has 2 aromatic rings. The van der Waals surface area contributed by atoms with Crippen LogP contribution in [-0.4, -0.2) is 32.4 Å². The van der Waals surface area contributed by atoms with Gasteiger partial charge in [0.15, 0.2) is 0 Å². The number of nitrogens with zero attached hydrogens (tertiary/aromatic N) is 3. The lowest BCUT2D eigenvalue weighted by Gasteiger charge is -2.27. The van der Waals surface area contributed by atoms with Gasteiger partial charge < -0.3 is 14.5 Å². The second-order valence-electron chi connectivity index (χ2n) is 5.25. The van der Waals surface area contributed by atoms with Crippen LogP contribution in [0, 0.1) is 10.1 Å². The summed E-state index contributed by atoms with van der Waals surface area (Å²) in [6.07, 6.45) is 6.59. The Morgan fingerprint density at radius 3 is 2.92 bits per heavy atom. The highest BCUT2D eigenvalue weighted by Gasteiger charge is 2.25. The molecule has 0 fully saturated rings. The molecule has 0 unspecified atom stereocenters. The SMILES string of the molecule is CCOC(=O)c1cncn1[C@@H]1CCCc2ccccc21.O=[N+]([O-])O. The zero-order chi connectivity index (χ0) is 17.5. The first-order valence-corrected chi connectivity index (χ1v) is 7.64. The van der Waals surface area contributed by atoms with Crippen LogP contribution in [0.5, 0.6) is 0 Å². The fraction of sp³-hybridized carbons (Fsp3) is 0.375. The van der Waals surface area contributed by atoms with E-state index in [9.17, 15) is 4.79 Å². The van der Waals surface area contributed by atoms with Crippen molar-refractivity contribution < 1.29 is 19.8 Å². The van der Waals surface area contributed by atoms with Crippen molar-refractivity contribution in [3.8, 4) is 0 Å². The van der Waals surface area contributed by atoms with Gasteiger partial charge in [0.05, 0.1) is 25.2 Å². The van der Waals surface area contributed by atoms with Gasteiger partial charge in [-0.3, -0.25) is 0 Å². The van der Waals surface area contributed by atoms with Gasteiger partial charge in [-0.1, -0.05) is 24.3 Å². The molecule has 0 bridgehead atoms. The van der Waals surface area contributed by atoms with Crippen LogP contribution < -0.4 is 0 Å². The smallest absolute Gasteiger partial charge is 0.356 e. The lowest BCUT2D eigenvalue weighted by molar-refractivity contribution is -0.742. The molecule has 1 atom stereocenters. The van der Waals surface area contributed by atoms with E-state index >= 15 is 0 Å². The predicted octanol–water partition coefficient (Wildman–Crippen LogP) is 2.64. The highest BCUT2D eigenvalue weighted by atomic mass is 16.9. The standard InChI is InChI=1S/C16H18N2O2.HNO3/c1-2-20-16(19)15-10-17-11-18(15)14-9-5-7-12-6-3-4-8-13(12)14;2-1(3)4/h3-4,6,8,10-11,14H,2,5,7,9H2,1H3;(H,2,3,4)/t14-;/m1./s1. The van der Waals surface area contributed by atoms with Gasteiger partial charge in [-0.25, -0.2) is 9.78 Å². The van der Waals surface area contributed by atoms with Gasteiger partial charge in [0.1, 0.15) is 5.69 Å². The van der Waals surface area contributed by atoms with E-state index in [1.165, 1.54) is 11.1 Å². The van der Waals surface area contributed by atoms with Crippen molar-refractivity contribution in [3.05, 3.63) is 63.7 Å². The van der Waals surface area contributed by atoms with Crippen molar-refractivity contribution in [1.29, 1.82) is 0 Å². The number of fused-ring (bicyclic) bond motifs is 1. The average Bonchev–Trinajstić information content (AvgIpc) is 3.03. The number of aryl methyl sites for hydroxylation is 1. The molecule has 1 aliphatic rings. The number of carbonyl (C=O) groups is 1. The van der Waals surface area contributed by atoms with Gasteiger partial charge in [-0.05, 0) is 37.3 Å². The number of benzene rings is 1. The van der Waals surface area contributed by atoms with Crippen LogP contribution >= 0.6 is 0 Å². The topological polar surface area (TPSA) is 107 Å². The lowest BCUT2D eigenvalue weighted by atomic mass is 9.87. The second kappa shape index (κ2) is 8.09. The molecule has 1 N–H and O–H groups in total. The maximum Gasteiger partial charge on any atom is 0.356 e. The lowest BCUT2D eigenvalue weighted by Crippen LogP contribution is -2.21. The summed E-state index contributed by atoms with van der Waals surface area (Å²) in [6.45, 7) is 2.19. The van der Waals surface area contributed by atoms with Gasteiger partial charge in [0.25, 0.3) is 5.09 Å². The van der Waals surface area contributed by atoms with Crippen molar-refractivity contribution in [3.63, 3.8) is 0 Å². The molecular formula is C16H19N3O5. The monoisotopic (exact) mass is 333 g/mol. The summed E-state index contributed by atoms with van der Waals surface area (Å²) in [5.74, 6) is -0.298. The van der Waals surface area contributed by atoms with Crippen LogP contribution in [0.3, 0.4) is 0 Å². The van der Waals surface area contributed by atoms with Gasteiger partial charge in [-0.2, -0.15) is 0 Å². The number of imidazole rings is 1. The van der Waals surface area contributed by atoms with E-state index in [1.54, 1.807) is 12.5 Å².